The largest absolute Gasteiger partial charge is 0.457 e. The molecule has 0 aliphatic rings. The summed E-state index contributed by atoms with van der Waals surface area (Å²) in [5.41, 5.74) is 3.90. The van der Waals surface area contributed by atoms with Gasteiger partial charge in [-0.2, -0.15) is 10.5 Å². The fraction of sp³-hybridized carbons (Fsp3) is 0. The Hall–Kier alpha value is -4.22. The number of hydrogen-bond donors (Lipinski definition) is 0. The molecule has 0 saturated carbocycles. The third-order valence-corrected chi connectivity index (χ3v) is 4.05. The maximum atomic E-state index is 9.15. The first kappa shape index (κ1) is 16.3. The van der Waals surface area contributed by atoms with Gasteiger partial charge in [0.25, 0.3) is 0 Å². The van der Waals surface area contributed by atoms with Gasteiger partial charge >= 0.3 is 0 Å². The zero-order valence-electron chi connectivity index (χ0n) is 14.1. The van der Waals surface area contributed by atoms with Gasteiger partial charge < -0.3 is 4.74 Å². The Labute approximate surface area is 155 Å². The number of para-hydroxylation sites is 2. The molecule has 27 heavy (non-hydrogen) atoms. The minimum atomic E-state index is 0.284. The normalized spacial score (nSPS) is 10.1. The highest BCUT2D eigenvalue weighted by molar-refractivity contribution is 5.77. The van der Waals surface area contributed by atoms with Crippen LogP contribution >= 0.6 is 0 Å². The fourth-order valence-corrected chi connectivity index (χ4v) is 2.73. The van der Waals surface area contributed by atoms with Crippen molar-refractivity contribution in [3.05, 3.63) is 84.1 Å². The van der Waals surface area contributed by atoms with E-state index >= 15 is 0 Å². The van der Waals surface area contributed by atoms with Gasteiger partial charge in [0.2, 0.25) is 0 Å². The molecule has 0 aliphatic heterocycles. The summed E-state index contributed by atoms with van der Waals surface area (Å²) in [6.45, 7) is 0. The number of rotatable bonds is 3. The van der Waals surface area contributed by atoms with Crippen LogP contribution in [0, 0.1) is 22.7 Å². The molecule has 0 radical (unpaired) electrons. The van der Waals surface area contributed by atoms with E-state index in [1.165, 1.54) is 0 Å². The quantitative estimate of drug-likeness (QED) is 0.529. The zero-order valence-corrected chi connectivity index (χ0v) is 14.1. The molecule has 3 aromatic carbocycles. The van der Waals surface area contributed by atoms with Gasteiger partial charge in [0.15, 0.2) is 0 Å². The summed E-state index contributed by atoms with van der Waals surface area (Å²) in [6, 6.07) is 24.0. The molecular weight excluding hydrogens is 336 g/mol. The van der Waals surface area contributed by atoms with Crippen molar-refractivity contribution >= 4 is 11.0 Å². The van der Waals surface area contributed by atoms with Crippen LogP contribution in [0.3, 0.4) is 0 Å². The van der Waals surface area contributed by atoms with E-state index in [-0.39, 0.29) is 5.56 Å². The lowest BCUT2D eigenvalue weighted by Crippen LogP contribution is -1.91. The molecule has 0 bridgehead atoms. The molecule has 0 saturated heterocycles. The van der Waals surface area contributed by atoms with Crippen LogP contribution < -0.4 is 4.74 Å². The van der Waals surface area contributed by atoms with Gasteiger partial charge in [-0.15, -0.1) is 0 Å². The van der Waals surface area contributed by atoms with Crippen molar-refractivity contribution in [1.29, 1.82) is 10.5 Å². The standard InChI is InChI=1S/C22H12N4O/c23-12-16-8-9-19(11-17(16)13-24)27-18-5-3-4-15(10-18)22-14-25-20-6-1-2-7-21(20)26-22/h1-11,14H. The Kier molecular flexibility index (Phi) is 4.19. The number of ether oxygens (including phenoxy) is 1. The van der Waals surface area contributed by atoms with E-state index in [9.17, 15) is 0 Å². The van der Waals surface area contributed by atoms with Crippen molar-refractivity contribution in [1.82, 2.24) is 9.97 Å². The number of nitrogens with zero attached hydrogens (tertiary/aromatic N) is 4. The van der Waals surface area contributed by atoms with Gasteiger partial charge in [-0.3, -0.25) is 4.98 Å². The molecular formula is C22H12N4O. The first-order valence-corrected chi connectivity index (χ1v) is 8.21. The summed E-state index contributed by atoms with van der Waals surface area (Å²) in [5, 5.41) is 18.2. The minimum absolute atomic E-state index is 0.284. The third-order valence-electron chi connectivity index (χ3n) is 4.05. The van der Waals surface area contributed by atoms with E-state index in [0.29, 0.717) is 17.1 Å². The van der Waals surface area contributed by atoms with Gasteiger partial charge in [0.05, 0.1) is 34.1 Å². The van der Waals surface area contributed by atoms with Crippen LogP contribution in [-0.4, -0.2) is 9.97 Å². The first-order chi connectivity index (χ1) is 13.3. The summed E-state index contributed by atoms with van der Waals surface area (Å²) in [7, 11) is 0. The highest BCUT2D eigenvalue weighted by Gasteiger charge is 2.07. The monoisotopic (exact) mass is 348 g/mol. The highest BCUT2D eigenvalue weighted by Crippen LogP contribution is 2.28. The highest BCUT2D eigenvalue weighted by atomic mass is 16.5. The summed E-state index contributed by atoms with van der Waals surface area (Å²) >= 11 is 0. The van der Waals surface area contributed by atoms with Crippen LogP contribution in [0.5, 0.6) is 11.5 Å². The SMILES string of the molecule is N#Cc1ccc(Oc2cccc(-c3cnc4ccccc4n3)c2)cc1C#N. The Morgan fingerprint density at radius 3 is 2.33 bits per heavy atom. The maximum Gasteiger partial charge on any atom is 0.128 e. The van der Waals surface area contributed by atoms with Crippen molar-refractivity contribution in [3.63, 3.8) is 0 Å². The predicted molar refractivity (Wildman–Crippen MR) is 101 cm³/mol. The molecule has 1 heterocycles. The molecule has 0 unspecified atom stereocenters. The van der Waals surface area contributed by atoms with E-state index < -0.39 is 0 Å². The summed E-state index contributed by atoms with van der Waals surface area (Å²) in [5.74, 6) is 1.10. The third kappa shape index (κ3) is 3.30. The lowest BCUT2D eigenvalue weighted by Gasteiger charge is -2.08. The van der Waals surface area contributed by atoms with Crippen molar-refractivity contribution in [3.8, 4) is 34.9 Å². The van der Waals surface area contributed by atoms with Crippen molar-refractivity contribution in [2.45, 2.75) is 0 Å². The Morgan fingerprint density at radius 2 is 1.52 bits per heavy atom. The summed E-state index contributed by atoms with van der Waals surface area (Å²) in [4.78, 5) is 9.09. The fourth-order valence-electron chi connectivity index (χ4n) is 2.73. The maximum absolute atomic E-state index is 9.15. The minimum Gasteiger partial charge on any atom is -0.457 e. The molecule has 0 spiro atoms. The van der Waals surface area contributed by atoms with E-state index in [4.69, 9.17) is 15.3 Å². The molecule has 126 valence electrons. The van der Waals surface area contributed by atoms with Crippen molar-refractivity contribution in [2.75, 3.05) is 0 Å². The Morgan fingerprint density at radius 1 is 0.741 bits per heavy atom. The van der Waals surface area contributed by atoms with Gasteiger partial charge in [-0.05, 0) is 42.5 Å². The topological polar surface area (TPSA) is 82.6 Å². The van der Waals surface area contributed by atoms with Crippen molar-refractivity contribution in [2.24, 2.45) is 0 Å². The predicted octanol–water partition coefficient (Wildman–Crippen LogP) is 4.83. The smallest absolute Gasteiger partial charge is 0.128 e. The van der Waals surface area contributed by atoms with E-state index in [0.717, 1.165) is 22.3 Å². The molecule has 0 amide bonds. The second kappa shape index (κ2) is 6.95. The molecule has 5 heteroatoms. The average molecular weight is 348 g/mol. The molecule has 0 atom stereocenters. The molecule has 5 nitrogen and oxygen atoms in total. The van der Waals surface area contributed by atoms with Crippen LogP contribution in [0.4, 0.5) is 0 Å². The van der Waals surface area contributed by atoms with Gasteiger partial charge in [-0.25, -0.2) is 4.98 Å². The van der Waals surface area contributed by atoms with Crippen LogP contribution in [0.25, 0.3) is 22.3 Å². The number of hydrogen-bond acceptors (Lipinski definition) is 5. The van der Waals surface area contributed by atoms with Gasteiger partial charge in [0.1, 0.15) is 23.6 Å². The molecule has 1 aromatic heterocycles. The van der Waals surface area contributed by atoms with Crippen molar-refractivity contribution < 1.29 is 4.74 Å². The van der Waals surface area contributed by atoms with Gasteiger partial charge in [0, 0.05) is 5.56 Å². The number of aromatic nitrogens is 2. The molecule has 0 aliphatic carbocycles. The van der Waals surface area contributed by atoms with E-state index in [1.807, 2.05) is 60.7 Å². The molecule has 0 N–H and O–H groups in total. The zero-order chi connectivity index (χ0) is 18.6. The second-order valence-corrected chi connectivity index (χ2v) is 5.80. The van der Waals surface area contributed by atoms with E-state index in [2.05, 4.69) is 9.97 Å². The average Bonchev–Trinajstić information content (AvgIpc) is 2.73. The molecule has 4 rings (SSSR count). The number of benzene rings is 3. The number of fused-ring (bicyclic) bond motifs is 1. The summed E-state index contributed by atoms with van der Waals surface area (Å²) < 4.78 is 5.86. The first-order valence-electron chi connectivity index (χ1n) is 8.21. The van der Waals surface area contributed by atoms with E-state index in [1.54, 1.807) is 24.4 Å². The lowest BCUT2D eigenvalue weighted by molar-refractivity contribution is 0.482. The van der Waals surface area contributed by atoms with Crippen LogP contribution in [0.2, 0.25) is 0 Å². The Bertz CT molecular complexity index is 1230. The van der Waals surface area contributed by atoms with Gasteiger partial charge in [-0.1, -0.05) is 24.3 Å². The lowest BCUT2D eigenvalue weighted by atomic mass is 10.1. The summed E-state index contributed by atoms with van der Waals surface area (Å²) in [6.07, 6.45) is 1.73. The van der Waals surface area contributed by atoms with Crippen LogP contribution in [-0.2, 0) is 0 Å². The number of nitriles is 2. The van der Waals surface area contributed by atoms with Crippen LogP contribution in [0.15, 0.2) is 72.9 Å². The van der Waals surface area contributed by atoms with Crippen LogP contribution in [0.1, 0.15) is 11.1 Å². The molecule has 4 aromatic rings. The molecule has 0 fully saturated rings. The Balaban J connectivity index is 1.66. The second-order valence-electron chi connectivity index (χ2n) is 5.80.